The van der Waals surface area contributed by atoms with Gasteiger partial charge >= 0.3 is 0 Å². The molecule has 0 radical (unpaired) electrons. The second-order valence-electron chi connectivity index (χ2n) is 9.72. The predicted octanol–water partition coefficient (Wildman–Crippen LogP) is 1.83. The summed E-state index contributed by atoms with van der Waals surface area (Å²) in [4.78, 5) is 30.0. The number of halogens is 1. The molecule has 1 aromatic carbocycles. The van der Waals surface area contributed by atoms with Crippen molar-refractivity contribution in [3.8, 4) is 0 Å². The predicted molar refractivity (Wildman–Crippen MR) is 119 cm³/mol. The van der Waals surface area contributed by atoms with Gasteiger partial charge in [-0.25, -0.2) is 4.39 Å². The number of piperazine rings is 1. The highest BCUT2D eigenvalue weighted by molar-refractivity contribution is 5.88. The van der Waals surface area contributed by atoms with Crippen LogP contribution in [0.1, 0.15) is 43.2 Å². The van der Waals surface area contributed by atoms with Crippen LogP contribution in [-0.4, -0.2) is 78.6 Å². The molecule has 32 heavy (non-hydrogen) atoms. The molecule has 1 saturated carbocycles. The molecule has 174 valence electrons. The van der Waals surface area contributed by atoms with Gasteiger partial charge in [-0.2, -0.15) is 0 Å². The first-order chi connectivity index (χ1) is 15.5. The number of amides is 2. The van der Waals surface area contributed by atoms with Crippen LogP contribution in [0.2, 0.25) is 0 Å². The van der Waals surface area contributed by atoms with Gasteiger partial charge in [0.1, 0.15) is 11.9 Å². The van der Waals surface area contributed by atoms with E-state index in [0.29, 0.717) is 31.2 Å². The minimum absolute atomic E-state index is 0.0622. The Kier molecular flexibility index (Phi) is 6.07. The van der Waals surface area contributed by atoms with Gasteiger partial charge in [-0.3, -0.25) is 14.5 Å². The maximum absolute atomic E-state index is 14.2. The molecule has 1 aliphatic carbocycles. The molecule has 2 N–H and O–H groups in total. The Balaban J connectivity index is 1.15. The fraction of sp³-hybridized carbons (Fsp3) is 0.667. The molecule has 2 amide bonds. The fourth-order valence-corrected chi connectivity index (χ4v) is 5.83. The van der Waals surface area contributed by atoms with Gasteiger partial charge in [0.05, 0.1) is 19.2 Å². The van der Waals surface area contributed by atoms with Crippen molar-refractivity contribution in [3.05, 3.63) is 29.1 Å². The summed E-state index contributed by atoms with van der Waals surface area (Å²) in [5.41, 5.74) is 2.33. The van der Waals surface area contributed by atoms with E-state index < -0.39 is 6.04 Å². The van der Waals surface area contributed by atoms with Gasteiger partial charge in [0, 0.05) is 49.5 Å². The lowest BCUT2D eigenvalue weighted by Crippen LogP contribution is -2.58. The van der Waals surface area contributed by atoms with E-state index in [1.165, 1.54) is 6.07 Å². The smallest absolute Gasteiger partial charge is 0.243 e. The van der Waals surface area contributed by atoms with Crippen LogP contribution in [0, 0.1) is 12.7 Å². The summed E-state index contributed by atoms with van der Waals surface area (Å²) in [6, 6.07) is 3.43. The highest BCUT2D eigenvalue weighted by atomic mass is 19.1. The zero-order chi connectivity index (χ0) is 22.2. The minimum atomic E-state index is -0.431. The molecule has 8 heteroatoms. The summed E-state index contributed by atoms with van der Waals surface area (Å²) >= 11 is 0. The summed E-state index contributed by atoms with van der Waals surface area (Å²) < 4.78 is 19.6. The van der Waals surface area contributed by atoms with Crippen molar-refractivity contribution in [1.82, 2.24) is 15.1 Å². The van der Waals surface area contributed by atoms with E-state index in [0.717, 1.165) is 63.1 Å². The van der Waals surface area contributed by atoms with Gasteiger partial charge in [-0.1, -0.05) is 6.07 Å². The number of ether oxygens (including phenoxy) is 1. The lowest BCUT2D eigenvalue weighted by Gasteiger charge is -2.43. The van der Waals surface area contributed by atoms with Gasteiger partial charge in [-0.15, -0.1) is 0 Å². The number of hydrogen-bond donors (Lipinski definition) is 2. The molecule has 5 rings (SSSR count). The Bertz CT molecular complexity index is 857. The lowest BCUT2D eigenvalue weighted by atomic mass is 9.89. The first-order valence-corrected chi connectivity index (χ1v) is 12.0. The second-order valence-corrected chi connectivity index (χ2v) is 9.72. The summed E-state index contributed by atoms with van der Waals surface area (Å²) in [5.74, 6) is -0.116. The summed E-state index contributed by atoms with van der Waals surface area (Å²) in [5, 5.41) is 6.43. The van der Waals surface area contributed by atoms with E-state index in [9.17, 15) is 14.0 Å². The molecule has 3 fully saturated rings. The highest BCUT2D eigenvalue weighted by Crippen LogP contribution is 2.32. The summed E-state index contributed by atoms with van der Waals surface area (Å²) in [6.07, 6.45) is 5.22. The number of nitrogens with one attached hydrogen (secondary N) is 2. The van der Waals surface area contributed by atoms with Gasteiger partial charge in [-0.05, 0) is 50.7 Å². The monoisotopic (exact) mass is 444 g/mol. The molecular weight excluding hydrogens is 411 g/mol. The number of carbonyl (C=O) groups excluding carboxylic acids is 2. The molecule has 7 nitrogen and oxygen atoms in total. The molecule has 1 aromatic rings. The molecular formula is C24H33FN4O3. The van der Waals surface area contributed by atoms with Crippen LogP contribution in [0.15, 0.2) is 12.1 Å². The van der Waals surface area contributed by atoms with Crippen molar-refractivity contribution in [2.75, 3.05) is 38.2 Å². The van der Waals surface area contributed by atoms with Gasteiger partial charge < -0.3 is 20.3 Å². The second kappa shape index (κ2) is 8.98. The van der Waals surface area contributed by atoms with Gasteiger partial charge in [0.15, 0.2) is 0 Å². The molecule has 3 heterocycles. The number of rotatable bonds is 4. The quantitative estimate of drug-likeness (QED) is 0.741. The van der Waals surface area contributed by atoms with Gasteiger partial charge in [0.25, 0.3) is 0 Å². The molecule has 3 aliphatic heterocycles. The topological polar surface area (TPSA) is 73.9 Å². The van der Waals surface area contributed by atoms with Crippen molar-refractivity contribution in [1.29, 1.82) is 0 Å². The molecule has 0 spiro atoms. The maximum Gasteiger partial charge on any atom is 0.243 e. The van der Waals surface area contributed by atoms with Crippen LogP contribution in [0.3, 0.4) is 0 Å². The molecule has 2 unspecified atom stereocenters. The first kappa shape index (κ1) is 21.6. The van der Waals surface area contributed by atoms with Crippen molar-refractivity contribution >= 4 is 17.5 Å². The van der Waals surface area contributed by atoms with E-state index in [4.69, 9.17) is 4.74 Å². The summed E-state index contributed by atoms with van der Waals surface area (Å²) in [6.45, 7) is 5.43. The molecule has 4 aliphatic rings. The standard InChI is InChI=1S/C24H33FN4O3/c1-15-5-6-20(25)19-12-21(27-23(15)19)24(31)26-16-3-2-4-17(11-16)28-8-9-29(22(30)13-28)18-7-10-32-14-18/h5-6,16-18,21,27H,2-4,7-14H2,1H3,(H,26,31)/t16-,17-,18?,21?/m1/s1. The van der Waals surface area contributed by atoms with E-state index >= 15 is 0 Å². The Labute approximate surface area is 188 Å². The Hall–Kier alpha value is -2.19. The SMILES string of the molecule is Cc1ccc(F)c2c1NC(C(=O)N[C@@H]1CCC[C@@H](N3CCN(C4CCOC4)C(=O)C3)C1)C2. The van der Waals surface area contributed by atoms with E-state index in [1.54, 1.807) is 6.07 Å². The summed E-state index contributed by atoms with van der Waals surface area (Å²) in [7, 11) is 0. The number of hydrogen-bond acceptors (Lipinski definition) is 5. The number of anilines is 1. The molecule has 2 saturated heterocycles. The van der Waals surface area contributed by atoms with Crippen molar-refractivity contribution in [2.45, 2.75) is 69.6 Å². The van der Waals surface area contributed by atoms with Crippen LogP contribution in [0.25, 0.3) is 0 Å². The van der Waals surface area contributed by atoms with Crippen molar-refractivity contribution in [2.24, 2.45) is 0 Å². The number of carbonyl (C=O) groups is 2. The van der Waals surface area contributed by atoms with E-state index in [2.05, 4.69) is 15.5 Å². The van der Waals surface area contributed by atoms with Crippen LogP contribution < -0.4 is 10.6 Å². The maximum atomic E-state index is 14.2. The van der Waals surface area contributed by atoms with Crippen LogP contribution in [0.5, 0.6) is 0 Å². The van der Waals surface area contributed by atoms with Gasteiger partial charge in [0.2, 0.25) is 11.8 Å². The Morgan fingerprint density at radius 3 is 2.84 bits per heavy atom. The third-order valence-electron chi connectivity index (χ3n) is 7.65. The number of nitrogens with zero attached hydrogens (tertiary/aromatic N) is 2. The largest absolute Gasteiger partial charge is 0.379 e. The van der Waals surface area contributed by atoms with E-state index in [1.807, 2.05) is 11.8 Å². The zero-order valence-electron chi connectivity index (χ0n) is 18.7. The zero-order valence-corrected chi connectivity index (χ0v) is 18.7. The van der Waals surface area contributed by atoms with Crippen molar-refractivity contribution < 1.29 is 18.7 Å². The average molecular weight is 445 g/mol. The third kappa shape index (κ3) is 4.22. The fourth-order valence-electron chi connectivity index (χ4n) is 5.83. The average Bonchev–Trinajstić information content (AvgIpc) is 3.47. The molecule has 0 aromatic heterocycles. The number of aryl methyl sites for hydroxylation is 1. The third-order valence-corrected chi connectivity index (χ3v) is 7.65. The number of fused-ring (bicyclic) bond motifs is 1. The lowest BCUT2D eigenvalue weighted by molar-refractivity contribution is -0.140. The highest BCUT2D eigenvalue weighted by Gasteiger charge is 2.37. The van der Waals surface area contributed by atoms with Crippen molar-refractivity contribution in [3.63, 3.8) is 0 Å². The minimum Gasteiger partial charge on any atom is -0.379 e. The number of benzene rings is 1. The molecule has 0 bridgehead atoms. The van der Waals surface area contributed by atoms with E-state index in [-0.39, 0.29) is 29.7 Å². The Morgan fingerprint density at radius 1 is 1.22 bits per heavy atom. The normalized spacial score (nSPS) is 30.8. The molecule has 4 atom stereocenters. The van der Waals surface area contributed by atoms with Crippen LogP contribution in [-0.2, 0) is 20.7 Å². The Morgan fingerprint density at radius 2 is 2.09 bits per heavy atom. The first-order valence-electron chi connectivity index (χ1n) is 12.0. The van der Waals surface area contributed by atoms with Crippen LogP contribution >= 0.6 is 0 Å². The van der Waals surface area contributed by atoms with Crippen LogP contribution in [0.4, 0.5) is 10.1 Å².